The van der Waals surface area contributed by atoms with E-state index in [1.54, 1.807) is 0 Å². The quantitative estimate of drug-likeness (QED) is 0.537. The molecule has 0 aliphatic rings. The van der Waals surface area contributed by atoms with Gasteiger partial charge in [-0.15, -0.1) is 0 Å². The van der Waals surface area contributed by atoms with Gasteiger partial charge in [-0.2, -0.15) is 0 Å². The van der Waals surface area contributed by atoms with Crippen molar-refractivity contribution in [3.63, 3.8) is 0 Å². The molecule has 1 heteroatoms. The zero-order valence-corrected chi connectivity index (χ0v) is 7.97. The van der Waals surface area contributed by atoms with Crippen LogP contribution >= 0.6 is 0 Å². The smallest absolute Gasteiger partial charge is 0.0650 e. The first-order valence-corrected chi connectivity index (χ1v) is 4.54. The van der Waals surface area contributed by atoms with Gasteiger partial charge in [0, 0.05) is 0 Å². The van der Waals surface area contributed by atoms with E-state index >= 15 is 0 Å². The van der Waals surface area contributed by atoms with Gasteiger partial charge in [-0.3, -0.25) is 0 Å². The van der Waals surface area contributed by atoms with Crippen molar-refractivity contribution in [1.82, 2.24) is 0 Å². The summed E-state index contributed by atoms with van der Waals surface area (Å²) in [6.45, 7) is 7.12. The molecule has 0 saturated heterocycles. The molecular formula is C10H20O. The number of hydrogen-bond donors (Lipinski definition) is 0. The Bertz CT molecular complexity index is 97.0. The van der Waals surface area contributed by atoms with Gasteiger partial charge in [0.1, 0.15) is 0 Å². The highest BCUT2D eigenvalue weighted by Crippen LogP contribution is 2.03. The van der Waals surface area contributed by atoms with Crippen molar-refractivity contribution in [3.8, 4) is 0 Å². The molecule has 1 atom stereocenters. The lowest BCUT2D eigenvalue weighted by atomic mass is 10.2. The van der Waals surface area contributed by atoms with Gasteiger partial charge in [0.25, 0.3) is 0 Å². The minimum absolute atomic E-state index is 0.422. The lowest BCUT2D eigenvalue weighted by molar-refractivity contribution is 0.0801. The Kier molecular flexibility index (Phi) is 7.59. The van der Waals surface area contributed by atoms with Crippen LogP contribution in [0.1, 0.15) is 40.0 Å². The van der Waals surface area contributed by atoms with Crippen molar-refractivity contribution in [2.75, 3.05) is 6.61 Å². The van der Waals surface area contributed by atoms with E-state index in [0.29, 0.717) is 6.10 Å². The van der Waals surface area contributed by atoms with Crippen molar-refractivity contribution >= 4 is 0 Å². The van der Waals surface area contributed by atoms with Gasteiger partial charge in [0.05, 0.1) is 12.7 Å². The number of rotatable bonds is 6. The zero-order chi connectivity index (χ0) is 8.53. The Labute approximate surface area is 70.4 Å². The van der Waals surface area contributed by atoms with Gasteiger partial charge in [0.15, 0.2) is 0 Å². The van der Waals surface area contributed by atoms with Crippen LogP contribution in [-0.4, -0.2) is 12.7 Å². The minimum Gasteiger partial charge on any atom is -0.374 e. The Balaban J connectivity index is 3.15. The number of hydrogen-bond acceptors (Lipinski definition) is 1. The fourth-order valence-corrected chi connectivity index (χ4v) is 0.891. The van der Waals surface area contributed by atoms with Crippen LogP contribution in [0.25, 0.3) is 0 Å². The molecule has 0 amide bonds. The van der Waals surface area contributed by atoms with Crippen LogP contribution < -0.4 is 0 Å². The van der Waals surface area contributed by atoms with Gasteiger partial charge in [-0.05, 0) is 20.3 Å². The Morgan fingerprint density at radius 2 is 2.18 bits per heavy atom. The highest BCUT2D eigenvalue weighted by atomic mass is 16.5. The highest BCUT2D eigenvalue weighted by molar-refractivity contribution is 4.76. The third-order valence-corrected chi connectivity index (χ3v) is 1.68. The molecule has 0 spiro atoms. The van der Waals surface area contributed by atoms with Crippen LogP contribution in [0.3, 0.4) is 0 Å². The summed E-state index contributed by atoms with van der Waals surface area (Å²) in [5.74, 6) is 0. The largest absolute Gasteiger partial charge is 0.374 e. The summed E-state index contributed by atoms with van der Waals surface area (Å²) >= 11 is 0. The average molecular weight is 156 g/mol. The van der Waals surface area contributed by atoms with Crippen LogP contribution in [0.15, 0.2) is 12.2 Å². The van der Waals surface area contributed by atoms with E-state index < -0.39 is 0 Å². The maximum Gasteiger partial charge on any atom is 0.0650 e. The molecule has 0 aromatic heterocycles. The van der Waals surface area contributed by atoms with Crippen molar-refractivity contribution < 1.29 is 4.74 Å². The molecule has 66 valence electrons. The van der Waals surface area contributed by atoms with E-state index in [4.69, 9.17) is 4.74 Å². The second kappa shape index (κ2) is 7.80. The average Bonchev–Trinajstić information content (AvgIpc) is 2.01. The van der Waals surface area contributed by atoms with Crippen molar-refractivity contribution in [2.24, 2.45) is 0 Å². The van der Waals surface area contributed by atoms with Crippen molar-refractivity contribution in [2.45, 2.75) is 46.1 Å². The van der Waals surface area contributed by atoms with Crippen molar-refractivity contribution in [1.29, 1.82) is 0 Å². The van der Waals surface area contributed by atoms with E-state index in [-0.39, 0.29) is 0 Å². The monoisotopic (exact) mass is 156 g/mol. The molecule has 0 aliphatic carbocycles. The lowest BCUT2D eigenvalue weighted by Crippen LogP contribution is -2.07. The van der Waals surface area contributed by atoms with Gasteiger partial charge < -0.3 is 4.74 Å². The summed E-state index contributed by atoms with van der Waals surface area (Å²) in [6.07, 6.45) is 8.21. The van der Waals surface area contributed by atoms with Crippen molar-refractivity contribution in [3.05, 3.63) is 12.2 Å². The summed E-state index contributed by atoms with van der Waals surface area (Å²) < 4.78 is 5.50. The van der Waals surface area contributed by atoms with E-state index in [9.17, 15) is 0 Å². The van der Waals surface area contributed by atoms with Gasteiger partial charge in [-0.25, -0.2) is 0 Å². The van der Waals surface area contributed by atoms with E-state index in [1.807, 2.05) is 19.1 Å². The first kappa shape index (κ1) is 10.7. The summed E-state index contributed by atoms with van der Waals surface area (Å²) in [4.78, 5) is 0. The molecule has 1 nitrogen and oxygen atoms in total. The molecule has 0 radical (unpaired) electrons. The Morgan fingerprint density at radius 1 is 1.45 bits per heavy atom. The van der Waals surface area contributed by atoms with Crippen LogP contribution in [0, 0.1) is 0 Å². The van der Waals surface area contributed by atoms with E-state index in [0.717, 1.165) is 6.61 Å². The first-order chi connectivity index (χ1) is 5.31. The highest BCUT2D eigenvalue weighted by Gasteiger charge is 1.98. The number of unbranched alkanes of at least 4 members (excludes halogenated alkanes) is 1. The molecule has 0 aromatic rings. The first-order valence-electron chi connectivity index (χ1n) is 4.54. The molecule has 11 heavy (non-hydrogen) atoms. The van der Waals surface area contributed by atoms with Crippen LogP contribution in [-0.2, 0) is 4.74 Å². The van der Waals surface area contributed by atoms with Gasteiger partial charge in [0.2, 0.25) is 0 Å². The fraction of sp³-hybridized carbons (Fsp3) is 0.800. The van der Waals surface area contributed by atoms with E-state index in [1.165, 1.54) is 19.3 Å². The Morgan fingerprint density at radius 3 is 2.73 bits per heavy atom. The predicted molar refractivity (Wildman–Crippen MR) is 49.8 cm³/mol. The fourth-order valence-electron chi connectivity index (χ4n) is 0.891. The SMILES string of the molecule is CC=CCOC(C)CCCC. The second-order valence-electron chi connectivity index (χ2n) is 2.86. The summed E-state index contributed by atoms with van der Waals surface area (Å²) in [5.41, 5.74) is 0. The van der Waals surface area contributed by atoms with Crippen LogP contribution in [0.2, 0.25) is 0 Å². The van der Waals surface area contributed by atoms with E-state index in [2.05, 4.69) is 13.8 Å². The topological polar surface area (TPSA) is 9.23 Å². The second-order valence-corrected chi connectivity index (χ2v) is 2.86. The molecule has 0 aliphatic heterocycles. The van der Waals surface area contributed by atoms with Crippen LogP contribution in [0.4, 0.5) is 0 Å². The lowest BCUT2D eigenvalue weighted by Gasteiger charge is -2.09. The number of allylic oxidation sites excluding steroid dienone is 1. The third kappa shape index (κ3) is 7.60. The minimum atomic E-state index is 0.422. The Hall–Kier alpha value is -0.300. The van der Waals surface area contributed by atoms with Gasteiger partial charge in [-0.1, -0.05) is 31.9 Å². The normalized spacial score (nSPS) is 14.1. The molecule has 0 heterocycles. The molecule has 0 fully saturated rings. The number of ether oxygens (including phenoxy) is 1. The molecule has 1 unspecified atom stereocenters. The molecule has 0 rings (SSSR count). The molecule has 0 saturated carbocycles. The summed E-state index contributed by atoms with van der Waals surface area (Å²) in [6, 6.07) is 0. The predicted octanol–water partition coefficient (Wildman–Crippen LogP) is 3.16. The summed E-state index contributed by atoms with van der Waals surface area (Å²) in [5, 5.41) is 0. The standard InChI is InChI=1S/C10H20O/c1-4-6-8-10(3)11-9-7-5-2/h5,7,10H,4,6,8-9H2,1-3H3. The molecule has 0 bridgehead atoms. The summed E-state index contributed by atoms with van der Waals surface area (Å²) in [7, 11) is 0. The maximum atomic E-state index is 5.50. The molecule has 0 aromatic carbocycles. The molecular weight excluding hydrogens is 136 g/mol. The molecule has 0 N–H and O–H groups in total. The zero-order valence-electron chi connectivity index (χ0n) is 7.97. The third-order valence-electron chi connectivity index (χ3n) is 1.68. The van der Waals surface area contributed by atoms with Crippen LogP contribution in [0.5, 0.6) is 0 Å². The maximum absolute atomic E-state index is 5.50. The van der Waals surface area contributed by atoms with Gasteiger partial charge >= 0.3 is 0 Å².